The van der Waals surface area contributed by atoms with E-state index in [9.17, 15) is 4.79 Å². The number of aromatic nitrogens is 3. The van der Waals surface area contributed by atoms with E-state index in [0.717, 1.165) is 33.5 Å². The molecule has 0 aliphatic carbocycles. The largest absolute Gasteiger partial charge is 0.325 e. The summed E-state index contributed by atoms with van der Waals surface area (Å²) >= 11 is 12.1. The first kappa shape index (κ1) is 21.6. The average molecular weight is 433 g/mol. The van der Waals surface area contributed by atoms with Crippen LogP contribution in [-0.2, 0) is 16.8 Å². The number of carbonyl (C=O) groups excluding carboxylic acids is 1. The van der Waals surface area contributed by atoms with Crippen LogP contribution in [0.3, 0.4) is 0 Å². The van der Waals surface area contributed by atoms with Crippen molar-refractivity contribution in [1.29, 1.82) is 0 Å². The summed E-state index contributed by atoms with van der Waals surface area (Å²) in [6, 6.07) is 5.00. The summed E-state index contributed by atoms with van der Waals surface area (Å²) in [6.45, 7) is 12.4. The average Bonchev–Trinajstić information content (AvgIpc) is 2.94. The first-order chi connectivity index (χ1) is 13.5. The van der Waals surface area contributed by atoms with Crippen LogP contribution in [0.4, 0.5) is 5.69 Å². The lowest BCUT2D eigenvalue weighted by atomic mass is 9.99. The Morgan fingerprint density at radius 2 is 1.83 bits per heavy atom. The van der Waals surface area contributed by atoms with Crippen molar-refractivity contribution in [3.63, 3.8) is 0 Å². The van der Waals surface area contributed by atoms with Gasteiger partial charge in [-0.1, -0.05) is 23.2 Å². The second-order valence-electron chi connectivity index (χ2n) is 8.34. The molecule has 5 nitrogen and oxygen atoms in total. The van der Waals surface area contributed by atoms with E-state index in [1.165, 1.54) is 0 Å². The van der Waals surface area contributed by atoms with Crippen molar-refractivity contribution in [2.75, 3.05) is 5.32 Å². The number of pyridine rings is 1. The second kappa shape index (κ2) is 7.96. The van der Waals surface area contributed by atoms with E-state index in [0.29, 0.717) is 28.6 Å². The molecule has 0 atom stereocenters. The quantitative estimate of drug-likeness (QED) is 0.550. The van der Waals surface area contributed by atoms with E-state index < -0.39 is 0 Å². The Balaban J connectivity index is 1.86. The summed E-state index contributed by atoms with van der Waals surface area (Å²) in [5, 5.41) is 9.62. The first-order valence-electron chi connectivity index (χ1n) is 9.60. The van der Waals surface area contributed by atoms with Crippen LogP contribution in [0.1, 0.15) is 49.7 Å². The zero-order valence-corrected chi connectivity index (χ0v) is 19.2. The Kier molecular flexibility index (Phi) is 5.93. The molecule has 3 rings (SSSR count). The van der Waals surface area contributed by atoms with Gasteiger partial charge in [0, 0.05) is 22.5 Å². The van der Waals surface area contributed by atoms with Crippen molar-refractivity contribution >= 4 is 45.8 Å². The van der Waals surface area contributed by atoms with Gasteiger partial charge in [0.05, 0.1) is 21.9 Å². The smallest absolute Gasteiger partial charge is 0.224 e. The Bertz CT molecular complexity index is 1100. The molecule has 0 spiro atoms. The van der Waals surface area contributed by atoms with Crippen LogP contribution >= 0.6 is 23.2 Å². The van der Waals surface area contributed by atoms with Crippen molar-refractivity contribution in [2.45, 2.75) is 59.9 Å². The monoisotopic (exact) mass is 432 g/mol. The molecule has 154 valence electrons. The molecular weight excluding hydrogens is 407 g/mol. The highest BCUT2D eigenvalue weighted by Crippen LogP contribution is 2.30. The number of halogens is 2. The second-order valence-corrected chi connectivity index (χ2v) is 9.18. The molecule has 1 N–H and O–H groups in total. The number of nitrogens with zero attached hydrogens (tertiary/aromatic N) is 3. The maximum atomic E-state index is 12.5. The van der Waals surface area contributed by atoms with Crippen molar-refractivity contribution in [3.8, 4) is 0 Å². The molecule has 0 aliphatic rings. The number of hydrogen-bond donors (Lipinski definition) is 1. The maximum absolute atomic E-state index is 12.5. The van der Waals surface area contributed by atoms with Crippen LogP contribution in [0.2, 0.25) is 10.0 Å². The van der Waals surface area contributed by atoms with E-state index in [4.69, 9.17) is 33.3 Å². The highest BCUT2D eigenvalue weighted by atomic mass is 35.5. The van der Waals surface area contributed by atoms with E-state index >= 15 is 0 Å². The highest BCUT2D eigenvalue weighted by Gasteiger charge is 2.23. The lowest BCUT2D eigenvalue weighted by Gasteiger charge is -2.20. The SMILES string of the molecule is Cc1nc2c(c(C)nn2C(C)(C)C)c(C)c1CCC(=O)Nc1cc(Cl)ccc1Cl. The molecule has 2 aromatic heterocycles. The molecule has 29 heavy (non-hydrogen) atoms. The van der Waals surface area contributed by atoms with E-state index in [-0.39, 0.29) is 11.4 Å². The highest BCUT2D eigenvalue weighted by molar-refractivity contribution is 6.35. The molecule has 1 amide bonds. The van der Waals surface area contributed by atoms with Gasteiger partial charge in [-0.05, 0) is 77.3 Å². The van der Waals surface area contributed by atoms with Gasteiger partial charge in [0.25, 0.3) is 0 Å². The van der Waals surface area contributed by atoms with E-state index in [2.05, 4.69) is 33.0 Å². The van der Waals surface area contributed by atoms with Crippen LogP contribution in [0.15, 0.2) is 18.2 Å². The van der Waals surface area contributed by atoms with Crippen LogP contribution in [0, 0.1) is 20.8 Å². The summed E-state index contributed by atoms with van der Waals surface area (Å²) in [6.07, 6.45) is 0.912. The first-order valence-corrected chi connectivity index (χ1v) is 10.4. The van der Waals surface area contributed by atoms with Crippen LogP contribution in [-0.4, -0.2) is 20.7 Å². The van der Waals surface area contributed by atoms with Gasteiger partial charge in [-0.3, -0.25) is 4.79 Å². The Hall–Kier alpha value is -2.11. The zero-order valence-electron chi connectivity index (χ0n) is 17.7. The maximum Gasteiger partial charge on any atom is 0.224 e. The van der Waals surface area contributed by atoms with Gasteiger partial charge in [0.1, 0.15) is 0 Å². The summed E-state index contributed by atoms with van der Waals surface area (Å²) in [4.78, 5) is 17.3. The lowest BCUT2D eigenvalue weighted by Crippen LogP contribution is -2.23. The number of carbonyl (C=O) groups is 1. The molecule has 0 aliphatic heterocycles. The fourth-order valence-electron chi connectivity index (χ4n) is 3.59. The fourth-order valence-corrected chi connectivity index (χ4v) is 3.92. The summed E-state index contributed by atoms with van der Waals surface area (Å²) < 4.78 is 1.98. The Morgan fingerprint density at radius 3 is 2.48 bits per heavy atom. The van der Waals surface area contributed by atoms with Gasteiger partial charge < -0.3 is 5.32 Å². The molecule has 0 unspecified atom stereocenters. The molecule has 1 aromatic carbocycles. The molecular formula is C22H26Cl2N4O. The number of nitrogens with one attached hydrogen (secondary N) is 1. The number of rotatable bonds is 4. The Labute approximate surface area is 181 Å². The van der Waals surface area contributed by atoms with Crippen molar-refractivity contribution in [3.05, 3.63) is 50.8 Å². The minimum absolute atomic E-state index is 0.116. The number of fused-ring (bicyclic) bond motifs is 1. The van der Waals surface area contributed by atoms with E-state index in [1.54, 1.807) is 18.2 Å². The van der Waals surface area contributed by atoms with Crippen LogP contribution in [0.25, 0.3) is 11.0 Å². The third-order valence-electron chi connectivity index (χ3n) is 5.01. The minimum atomic E-state index is -0.157. The molecule has 0 saturated carbocycles. The minimum Gasteiger partial charge on any atom is -0.325 e. The van der Waals surface area contributed by atoms with Crippen molar-refractivity contribution in [2.24, 2.45) is 0 Å². The molecule has 3 aromatic rings. The standard InChI is InChI=1S/C22H26Cl2N4O/c1-12-16(8-10-19(29)26-18-11-15(23)7-9-17(18)24)13(2)25-21-20(12)14(3)27-28(21)22(4,5)6/h7,9,11H,8,10H2,1-6H3,(H,26,29). The molecule has 0 fully saturated rings. The lowest BCUT2D eigenvalue weighted by molar-refractivity contribution is -0.116. The van der Waals surface area contributed by atoms with Crippen LogP contribution < -0.4 is 5.32 Å². The molecule has 7 heteroatoms. The van der Waals surface area contributed by atoms with Gasteiger partial charge >= 0.3 is 0 Å². The van der Waals surface area contributed by atoms with E-state index in [1.807, 2.05) is 18.5 Å². The fraction of sp³-hybridized carbons (Fsp3) is 0.409. The predicted molar refractivity (Wildman–Crippen MR) is 120 cm³/mol. The van der Waals surface area contributed by atoms with Crippen molar-refractivity contribution < 1.29 is 4.79 Å². The normalized spacial score (nSPS) is 11.9. The Morgan fingerprint density at radius 1 is 1.14 bits per heavy atom. The predicted octanol–water partition coefficient (Wildman–Crippen LogP) is 5.99. The third kappa shape index (κ3) is 4.41. The number of aryl methyl sites for hydroxylation is 3. The number of hydrogen-bond acceptors (Lipinski definition) is 3. The van der Waals surface area contributed by atoms with Crippen LogP contribution in [0.5, 0.6) is 0 Å². The summed E-state index contributed by atoms with van der Waals surface area (Å²) in [5.41, 5.74) is 5.36. The van der Waals surface area contributed by atoms with Crippen molar-refractivity contribution in [1.82, 2.24) is 14.8 Å². The molecule has 2 heterocycles. The molecule has 0 bridgehead atoms. The van der Waals surface area contributed by atoms with Gasteiger partial charge in [0.15, 0.2) is 5.65 Å². The van der Waals surface area contributed by atoms with Gasteiger partial charge in [-0.2, -0.15) is 5.10 Å². The van der Waals surface area contributed by atoms with Gasteiger partial charge in [0.2, 0.25) is 5.91 Å². The number of anilines is 1. The summed E-state index contributed by atoms with van der Waals surface area (Å²) in [5.74, 6) is -0.116. The number of amides is 1. The van der Waals surface area contributed by atoms with Gasteiger partial charge in [-0.25, -0.2) is 9.67 Å². The molecule has 0 radical (unpaired) electrons. The van der Waals surface area contributed by atoms with Gasteiger partial charge in [-0.15, -0.1) is 0 Å². The number of benzene rings is 1. The third-order valence-corrected chi connectivity index (χ3v) is 5.58. The topological polar surface area (TPSA) is 59.8 Å². The summed E-state index contributed by atoms with van der Waals surface area (Å²) in [7, 11) is 0. The zero-order chi connectivity index (χ0) is 21.5. The molecule has 0 saturated heterocycles.